The summed E-state index contributed by atoms with van der Waals surface area (Å²) in [6.45, 7) is 6.01. The third kappa shape index (κ3) is 3.20. The molecule has 0 atom stereocenters. The normalized spacial score (nSPS) is 11.1. The Morgan fingerprint density at radius 1 is 1.24 bits per heavy atom. The van der Waals surface area contributed by atoms with Crippen LogP contribution in [-0.2, 0) is 7.05 Å². The number of nitrogens with zero attached hydrogens (tertiary/aromatic N) is 3. The number of aryl methyl sites for hydroxylation is 2. The molecule has 1 N–H and O–H groups in total. The predicted molar refractivity (Wildman–Crippen MR) is 98.3 cm³/mol. The number of ether oxygens (including phenoxy) is 1. The second-order valence-electron chi connectivity index (χ2n) is 6.34. The lowest BCUT2D eigenvalue weighted by Crippen LogP contribution is -2.14. The van der Waals surface area contributed by atoms with Crippen LogP contribution in [0.5, 0.6) is 5.75 Å². The summed E-state index contributed by atoms with van der Waals surface area (Å²) in [5.41, 5.74) is 3.69. The molecule has 0 aliphatic rings. The summed E-state index contributed by atoms with van der Waals surface area (Å²) in [7, 11) is 3.46. The van der Waals surface area contributed by atoms with E-state index < -0.39 is 0 Å². The molecule has 0 saturated carbocycles. The number of carbonyl (C=O) groups excluding carboxylic acids is 1. The Morgan fingerprint density at radius 2 is 1.92 bits per heavy atom. The molecule has 0 aliphatic heterocycles. The molecule has 25 heavy (non-hydrogen) atoms. The number of nitrogens with one attached hydrogen (secondary N) is 1. The standard InChI is InChI=1S/C19H22N4O2/c1-11(2)16-10-15(17-12(3)22-23(4)18(17)21-16)19(24)20-13-6-8-14(25-5)9-7-13/h6-11H,1-5H3,(H,20,24). The molecule has 0 unspecified atom stereocenters. The fourth-order valence-corrected chi connectivity index (χ4v) is 2.81. The van der Waals surface area contributed by atoms with Gasteiger partial charge in [-0.3, -0.25) is 9.48 Å². The Morgan fingerprint density at radius 3 is 2.52 bits per heavy atom. The minimum atomic E-state index is -0.171. The number of aromatic nitrogens is 3. The van der Waals surface area contributed by atoms with Crippen molar-refractivity contribution >= 4 is 22.6 Å². The van der Waals surface area contributed by atoms with Gasteiger partial charge in [0.1, 0.15) is 5.75 Å². The van der Waals surface area contributed by atoms with Gasteiger partial charge in [-0.05, 0) is 43.2 Å². The molecule has 6 nitrogen and oxygen atoms in total. The highest BCUT2D eigenvalue weighted by molar-refractivity contribution is 6.12. The van der Waals surface area contributed by atoms with Crippen LogP contribution in [-0.4, -0.2) is 27.8 Å². The molecule has 1 amide bonds. The van der Waals surface area contributed by atoms with E-state index in [1.807, 2.05) is 44.3 Å². The van der Waals surface area contributed by atoms with Crippen molar-refractivity contribution in [3.63, 3.8) is 0 Å². The van der Waals surface area contributed by atoms with Gasteiger partial charge in [0, 0.05) is 18.4 Å². The Hall–Kier alpha value is -2.89. The molecule has 1 aromatic carbocycles. The van der Waals surface area contributed by atoms with Crippen molar-refractivity contribution < 1.29 is 9.53 Å². The maximum absolute atomic E-state index is 12.9. The monoisotopic (exact) mass is 338 g/mol. The third-order valence-corrected chi connectivity index (χ3v) is 4.17. The van der Waals surface area contributed by atoms with Gasteiger partial charge in [-0.1, -0.05) is 13.8 Å². The molecule has 0 bridgehead atoms. The van der Waals surface area contributed by atoms with Gasteiger partial charge in [-0.15, -0.1) is 0 Å². The second-order valence-corrected chi connectivity index (χ2v) is 6.34. The Labute approximate surface area is 146 Å². The van der Waals surface area contributed by atoms with E-state index in [4.69, 9.17) is 4.74 Å². The lowest BCUT2D eigenvalue weighted by atomic mass is 10.0. The molecule has 130 valence electrons. The van der Waals surface area contributed by atoms with E-state index in [9.17, 15) is 4.79 Å². The van der Waals surface area contributed by atoms with Crippen LogP contribution in [0, 0.1) is 6.92 Å². The van der Waals surface area contributed by atoms with E-state index in [-0.39, 0.29) is 11.8 Å². The first kappa shape index (κ1) is 17.0. The van der Waals surface area contributed by atoms with Gasteiger partial charge in [-0.2, -0.15) is 5.10 Å². The molecule has 0 radical (unpaired) electrons. The lowest BCUT2D eigenvalue weighted by molar-refractivity contribution is 0.102. The van der Waals surface area contributed by atoms with E-state index in [0.717, 1.165) is 28.2 Å². The van der Waals surface area contributed by atoms with Gasteiger partial charge in [0.25, 0.3) is 5.91 Å². The molecule has 0 fully saturated rings. The highest BCUT2D eigenvalue weighted by Gasteiger charge is 2.19. The Kier molecular flexibility index (Phi) is 4.44. The van der Waals surface area contributed by atoms with Crippen LogP contribution in [0.2, 0.25) is 0 Å². The van der Waals surface area contributed by atoms with Crippen LogP contribution in [0.15, 0.2) is 30.3 Å². The van der Waals surface area contributed by atoms with E-state index >= 15 is 0 Å². The highest BCUT2D eigenvalue weighted by Crippen LogP contribution is 2.26. The number of hydrogen-bond donors (Lipinski definition) is 1. The van der Waals surface area contributed by atoms with Crippen LogP contribution in [0.4, 0.5) is 5.69 Å². The van der Waals surface area contributed by atoms with Crippen molar-refractivity contribution in [1.82, 2.24) is 14.8 Å². The van der Waals surface area contributed by atoms with Gasteiger partial charge in [0.15, 0.2) is 5.65 Å². The molecular formula is C19H22N4O2. The first-order valence-corrected chi connectivity index (χ1v) is 8.20. The zero-order valence-electron chi connectivity index (χ0n) is 15.1. The molecule has 3 rings (SSSR count). The fourth-order valence-electron chi connectivity index (χ4n) is 2.81. The van der Waals surface area contributed by atoms with Crippen molar-refractivity contribution in [1.29, 1.82) is 0 Å². The number of fused-ring (bicyclic) bond motifs is 1. The zero-order valence-corrected chi connectivity index (χ0v) is 15.1. The smallest absolute Gasteiger partial charge is 0.256 e. The summed E-state index contributed by atoms with van der Waals surface area (Å²) in [5.74, 6) is 0.789. The second kappa shape index (κ2) is 6.55. The first-order valence-electron chi connectivity index (χ1n) is 8.20. The number of amides is 1. The number of anilines is 1. The SMILES string of the molecule is COc1ccc(NC(=O)c2cc(C(C)C)nc3c2c(C)nn3C)cc1. The van der Waals surface area contributed by atoms with E-state index in [1.165, 1.54) is 0 Å². The average molecular weight is 338 g/mol. The molecule has 2 aromatic heterocycles. The topological polar surface area (TPSA) is 69.0 Å². The molecular weight excluding hydrogens is 316 g/mol. The molecule has 2 heterocycles. The van der Waals surface area contributed by atoms with E-state index in [2.05, 4.69) is 29.2 Å². The number of methoxy groups -OCH3 is 1. The average Bonchev–Trinajstić information content (AvgIpc) is 2.89. The van der Waals surface area contributed by atoms with Gasteiger partial charge in [0.2, 0.25) is 0 Å². The molecule has 0 spiro atoms. The summed E-state index contributed by atoms with van der Waals surface area (Å²) in [5, 5.41) is 8.16. The largest absolute Gasteiger partial charge is 0.497 e. The molecule has 6 heteroatoms. The lowest BCUT2D eigenvalue weighted by Gasteiger charge is -2.11. The Balaban J connectivity index is 2.04. The van der Waals surface area contributed by atoms with Crippen molar-refractivity contribution in [2.24, 2.45) is 7.05 Å². The quantitative estimate of drug-likeness (QED) is 0.788. The minimum absolute atomic E-state index is 0.171. The molecule has 0 aliphatic carbocycles. The predicted octanol–water partition coefficient (Wildman–Crippen LogP) is 3.66. The third-order valence-electron chi connectivity index (χ3n) is 4.17. The Bertz CT molecular complexity index is 927. The van der Waals surface area contributed by atoms with Crippen LogP contribution < -0.4 is 10.1 Å². The van der Waals surface area contributed by atoms with E-state index in [0.29, 0.717) is 11.3 Å². The summed E-state index contributed by atoms with van der Waals surface area (Å²) >= 11 is 0. The number of pyridine rings is 1. The number of benzene rings is 1. The van der Waals surface area contributed by atoms with Gasteiger partial charge in [-0.25, -0.2) is 4.98 Å². The summed E-state index contributed by atoms with van der Waals surface area (Å²) in [6.07, 6.45) is 0. The van der Waals surface area contributed by atoms with Crippen LogP contribution in [0.1, 0.15) is 41.5 Å². The van der Waals surface area contributed by atoms with Crippen molar-refractivity contribution in [2.75, 3.05) is 12.4 Å². The first-order chi connectivity index (χ1) is 11.9. The molecule has 3 aromatic rings. The number of carbonyl (C=O) groups is 1. The maximum atomic E-state index is 12.9. The van der Waals surface area contributed by atoms with Gasteiger partial charge in [0.05, 0.1) is 23.8 Å². The van der Waals surface area contributed by atoms with E-state index in [1.54, 1.807) is 11.8 Å². The van der Waals surface area contributed by atoms with Crippen molar-refractivity contribution in [3.8, 4) is 5.75 Å². The van der Waals surface area contributed by atoms with Crippen LogP contribution in [0.3, 0.4) is 0 Å². The van der Waals surface area contributed by atoms with Crippen molar-refractivity contribution in [3.05, 3.63) is 47.3 Å². The summed E-state index contributed by atoms with van der Waals surface area (Å²) in [6, 6.07) is 9.11. The zero-order chi connectivity index (χ0) is 18.1. The van der Waals surface area contributed by atoms with Crippen LogP contribution in [0.25, 0.3) is 11.0 Å². The fraction of sp³-hybridized carbons (Fsp3) is 0.316. The van der Waals surface area contributed by atoms with Crippen LogP contribution >= 0.6 is 0 Å². The number of rotatable bonds is 4. The van der Waals surface area contributed by atoms with Crippen molar-refractivity contribution in [2.45, 2.75) is 26.7 Å². The van der Waals surface area contributed by atoms with Gasteiger partial charge < -0.3 is 10.1 Å². The highest BCUT2D eigenvalue weighted by atomic mass is 16.5. The summed E-state index contributed by atoms with van der Waals surface area (Å²) in [4.78, 5) is 17.6. The molecule has 0 saturated heterocycles. The number of hydrogen-bond acceptors (Lipinski definition) is 4. The maximum Gasteiger partial charge on any atom is 0.256 e. The summed E-state index contributed by atoms with van der Waals surface area (Å²) < 4.78 is 6.87. The van der Waals surface area contributed by atoms with Gasteiger partial charge >= 0.3 is 0 Å². The minimum Gasteiger partial charge on any atom is -0.497 e.